The van der Waals surface area contributed by atoms with Crippen molar-refractivity contribution >= 4 is 40.9 Å². The molecule has 1 atom stereocenters. The number of nitrogens with zero attached hydrogens (tertiary/aromatic N) is 1. The largest absolute Gasteiger partial charge is 0.325 e. The van der Waals surface area contributed by atoms with E-state index in [1.54, 1.807) is 25.1 Å². The summed E-state index contributed by atoms with van der Waals surface area (Å²) in [5.74, 6) is -0.827. The average molecular weight is 419 g/mol. The van der Waals surface area contributed by atoms with Crippen LogP contribution >= 0.6 is 23.2 Å². The normalized spacial score (nSPS) is 19.1. The third kappa shape index (κ3) is 3.40. The van der Waals surface area contributed by atoms with Crippen LogP contribution in [0.25, 0.3) is 0 Å². The summed E-state index contributed by atoms with van der Waals surface area (Å²) in [5, 5.41) is 3.34. The van der Waals surface area contributed by atoms with Crippen LogP contribution in [0.3, 0.4) is 0 Å². The molecule has 0 saturated carbocycles. The molecular formula is C21H20Cl2N2O3. The summed E-state index contributed by atoms with van der Waals surface area (Å²) >= 11 is 12.2. The van der Waals surface area contributed by atoms with Crippen molar-refractivity contribution in [3.8, 4) is 0 Å². The van der Waals surface area contributed by atoms with Crippen molar-refractivity contribution in [1.29, 1.82) is 0 Å². The van der Waals surface area contributed by atoms with Crippen LogP contribution < -0.4 is 5.32 Å². The first kappa shape index (κ1) is 20.4. The predicted octanol–water partition coefficient (Wildman–Crippen LogP) is 4.57. The second-order valence-corrected chi connectivity index (χ2v) is 8.09. The molecule has 0 spiro atoms. The molecule has 2 aromatic carbocycles. The molecule has 1 N–H and O–H groups in total. The fourth-order valence-corrected chi connectivity index (χ4v) is 4.01. The maximum Gasteiger partial charge on any atom is 0.325 e. The summed E-state index contributed by atoms with van der Waals surface area (Å²) in [6.45, 7) is 6.94. The van der Waals surface area contributed by atoms with E-state index in [1.165, 1.54) is 6.07 Å². The van der Waals surface area contributed by atoms with Crippen molar-refractivity contribution in [3.05, 3.63) is 68.2 Å². The van der Waals surface area contributed by atoms with E-state index in [1.807, 2.05) is 26.8 Å². The van der Waals surface area contributed by atoms with Gasteiger partial charge in [0.15, 0.2) is 5.78 Å². The number of rotatable bonds is 4. The maximum atomic E-state index is 13.0. The lowest BCUT2D eigenvalue weighted by Crippen LogP contribution is -2.41. The first-order valence-electron chi connectivity index (χ1n) is 8.75. The lowest BCUT2D eigenvalue weighted by molar-refractivity contribution is -0.130. The molecule has 7 heteroatoms. The standard InChI is InChI=1S/C21H20Cl2N2O3/c1-11-7-13(3)15(8-12(11)2)18(26)10-25-19(27)21(4,24-20(25)28)16-6-5-14(22)9-17(16)23/h5-9H,10H2,1-4H3,(H,24,28). The number of Topliss-reactive ketones (excluding diaryl/α,β-unsaturated/α-hetero) is 1. The number of urea groups is 1. The number of benzene rings is 2. The number of carbonyl (C=O) groups is 3. The number of ketones is 1. The molecule has 146 valence electrons. The molecule has 0 bridgehead atoms. The lowest BCUT2D eigenvalue weighted by Gasteiger charge is -2.23. The molecule has 0 aliphatic carbocycles. The van der Waals surface area contributed by atoms with Crippen LogP contribution in [0.2, 0.25) is 10.0 Å². The van der Waals surface area contributed by atoms with Gasteiger partial charge in [-0.05, 0) is 62.6 Å². The van der Waals surface area contributed by atoms with Gasteiger partial charge in [-0.25, -0.2) is 4.79 Å². The van der Waals surface area contributed by atoms with E-state index in [0.29, 0.717) is 16.1 Å². The zero-order valence-corrected chi connectivity index (χ0v) is 17.5. The van der Waals surface area contributed by atoms with Gasteiger partial charge in [0.05, 0.1) is 6.54 Å². The highest BCUT2D eigenvalue weighted by Gasteiger charge is 2.50. The Morgan fingerprint density at radius 3 is 2.32 bits per heavy atom. The highest BCUT2D eigenvalue weighted by molar-refractivity contribution is 6.35. The Kier molecular flexibility index (Phi) is 5.26. The van der Waals surface area contributed by atoms with E-state index in [9.17, 15) is 14.4 Å². The zero-order chi connectivity index (χ0) is 20.8. The first-order valence-corrected chi connectivity index (χ1v) is 9.51. The number of hydrogen-bond acceptors (Lipinski definition) is 3. The fraction of sp³-hybridized carbons (Fsp3) is 0.286. The van der Waals surface area contributed by atoms with Crippen molar-refractivity contribution in [2.45, 2.75) is 33.2 Å². The molecule has 1 aliphatic heterocycles. The number of amides is 3. The minimum absolute atomic E-state index is 0.266. The molecule has 1 aliphatic rings. The van der Waals surface area contributed by atoms with Crippen LogP contribution in [0.15, 0.2) is 30.3 Å². The minimum Gasteiger partial charge on any atom is -0.319 e. The summed E-state index contributed by atoms with van der Waals surface area (Å²) in [6.07, 6.45) is 0. The topological polar surface area (TPSA) is 66.5 Å². The number of carbonyl (C=O) groups excluding carboxylic acids is 3. The van der Waals surface area contributed by atoms with Gasteiger partial charge in [-0.1, -0.05) is 35.3 Å². The average Bonchev–Trinajstić information content (AvgIpc) is 2.81. The summed E-state index contributed by atoms with van der Waals surface area (Å²) in [4.78, 5) is 39.3. The van der Waals surface area contributed by atoms with Crippen molar-refractivity contribution in [2.75, 3.05) is 6.54 Å². The molecule has 2 aromatic rings. The second kappa shape index (κ2) is 7.22. The highest BCUT2D eigenvalue weighted by Crippen LogP contribution is 2.35. The number of aryl methyl sites for hydroxylation is 3. The number of imide groups is 1. The quantitative estimate of drug-likeness (QED) is 0.583. The molecule has 1 heterocycles. The fourth-order valence-electron chi connectivity index (χ4n) is 3.41. The van der Waals surface area contributed by atoms with Gasteiger partial charge in [0, 0.05) is 21.2 Å². The molecule has 5 nitrogen and oxygen atoms in total. The van der Waals surface area contributed by atoms with Crippen LogP contribution in [0, 0.1) is 20.8 Å². The Bertz CT molecular complexity index is 1020. The Labute approximate surface area is 173 Å². The second-order valence-electron chi connectivity index (χ2n) is 7.25. The van der Waals surface area contributed by atoms with E-state index >= 15 is 0 Å². The molecule has 3 amide bonds. The summed E-state index contributed by atoms with van der Waals surface area (Å²) in [7, 11) is 0. The number of nitrogens with one attached hydrogen (secondary N) is 1. The maximum absolute atomic E-state index is 13.0. The van der Waals surface area contributed by atoms with Gasteiger partial charge in [0.2, 0.25) is 0 Å². The molecule has 1 fully saturated rings. The van der Waals surface area contributed by atoms with Crippen molar-refractivity contribution in [3.63, 3.8) is 0 Å². The number of hydrogen-bond donors (Lipinski definition) is 1. The molecule has 1 saturated heterocycles. The Balaban J connectivity index is 1.90. The van der Waals surface area contributed by atoms with Crippen molar-refractivity contribution < 1.29 is 14.4 Å². The van der Waals surface area contributed by atoms with Gasteiger partial charge in [0.25, 0.3) is 5.91 Å². The Hall–Kier alpha value is -2.37. The van der Waals surface area contributed by atoms with Gasteiger partial charge in [-0.2, -0.15) is 0 Å². The summed E-state index contributed by atoms with van der Waals surface area (Å²) in [6, 6.07) is 7.79. The highest BCUT2D eigenvalue weighted by atomic mass is 35.5. The van der Waals surface area contributed by atoms with Gasteiger partial charge in [-0.3, -0.25) is 14.5 Å². The molecule has 28 heavy (non-hydrogen) atoms. The van der Waals surface area contributed by atoms with Gasteiger partial charge >= 0.3 is 6.03 Å². The molecule has 3 rings (SSSR count). The van der Waals surface area contributed by atoms with Gasteiger partial charge in [-0.15, -0.1) is 0 Å². The van der Waals surface area contributed by atoms with Crippen LogP contribution in [0.5, 0.6) is 0 Å². The molecule has 0 radical (unpaired) electrons. The molecular weight excluding hydrogens is 399 g/mol. The van der Waals surface area contributed by atoms with Crippen molar-refractivity contribution in [1.82, 2.24) is 10.2 Å². The monoisotopic (exact) mass is 418 g/mol. The third-order valence-electron chi connectivity index (χ3n) is 5.19. The Morgan fingerprint density at radius 1 is 1.04 bits per heavy atom. The first-order chi connectivity index (χ1) is 13.0. The van der Waals surface area contributed by atoms with Crippen LogP contribution in [0.1, 0.15) is 39.5 Å². The van der Waals surface area contributed by atoms with Crippen molar-refractivity contribution in [2.24, 2.45) is 0 Å². The van der Waals surface area contributed by atoms with Crippen LogP contribution in [0.4, 0.5) is 4.79 Å². The van der Waals surface area contributed by atoms with Crippen LogP contribution in [-0.4, -0.2) is 29.2 Å². The molecule has 1 unspecified atom stereocenters. The number of halogens is 2. The smallest absolute Gasteiger partial charge is 0.319 e. The predicted molar refractivity (Wildman–Crippen MR) is 109 cm³/mol. The van der Waals surface area contributed by atoms with E-state index in [2.05, 4.69) is 5.32 Å². The van der Waals surface area contributed by atoms with Crippen LogP contribution in [-0.2, 0) is 10.3 Å². The lowest BCUT2D eigenvalue weighted by atomic mass is 9.91. The van der Waals surface area contributed by atoms with E-state index in [4.69, 9.17) is 23.2 Å². The minimum atomic E-state index is -1.36. The molecule has 0 aromatic heterocycles. The van der Waals surface area contributed by atoms with Gasteiger partial charge in [0.1, 0.15) is 5.54 Å². The van der Waals surface area contributed by atoms with E-state index in [-0.39, 0.29) is 17.4 Å². The van der Waals surface area contributed by atoms with E-state index in [0.717, 1.165) is 21.6 Å². The summed E-state index contributed by atoms with van der Waals surface area (Å²) < 4.78 is 0. The third-order valence-corrected chi connectivity index (χ3v) is 5.74. The SMILES string of the molecule is Cc1cc(C)c(C(=O)CN2C(=O)NC(C)(c3ccc(Cl)cc3Cl)C2=O)cc1C. The Morgan fingerprint density at radius 2 is 1.68 bits per heavy atom. The summed E-state index contributed by atoms with van der Waals surface area (Å²) in [5.41, 5.74) is 2.43. The van der Waals surface area contributed by atoms with Gasteiger partial charge < -0.3 is 5.32 Å². The van der Waals surface area contributed by atoms with E-state index < -0.39 is 17.5 Å². The zero-order valence-electron chi connectivity index (χ0n) is 16.0.